The fraction of sp³-hybridized carbons (Fsp3) is 0.824. The number of aliphatic hydroxyl groups is 3. The monoisotopic (exact) mass is 786 g/mol. The molecule has 5 heteroatoms. The quantitative estimate of drug-likeness (QED) is 0.0366. The average molecular weight is 786 g/mol. The van der Waals surface area contributed by atoms with Crippen LogP contribution < -0.4 is 5.32 Å². The van der Waals surface area contributed by atoms with Crippen LogP contribution in [0.4, 0.5) is 0 Å². The van der Waals surface area contributed by atoms with Crippen LogP contribution in [0, 0.1) is 0 Å². The van der Waals surface area contributed by atoms with Crippen LogP contribution in [0.5, 0.6) is 0 Å². The van der Waals surface area contributed by atoms with E-state index in [0.29, 0.717) is 6.42 Å². The molecule has 0 aliphatic heterocycles. The Morgan fingerprint density at radius 1 is 0.446 bits per heavy atom. The number of carbonyl (C=O) groups is 1. The van der Waals surface area contributed by atoms with Gasteiger partial charge in [0.25, 0.3) is 0 Å². The van der Waals surface area contributed by atoms with Gasteiger partial charge in [0.1, 0.15) is 0 Å². The van der Waals surface area contributed by atoms with Crippen LogP contribution in [0.1, 0.15) is 245 Å². The molecular formula is C51H95NO4. The SMILES string of the molecule is CCCCCCCCCCC/C=C\CCCCCCCC(O)CC(=O)NC(CO)C(O)/C=C/CC/C=C/CC/C=C/CCCCCCCCCCCCCCC. The zero-order valence-corrected chi connectivity index (χ0v) is 37.3. The van der Waals surface area contributed by atoms with Crippen LogP contribution in [0.15, 0.2) is 48.6 Å². The van der Waals surface area contributed by atoms with Crippen LogP contribution in [-0.2, 0) is 4.79 Å². The van der Waals surface area contributed by atoms with Gasteiger partial charge in [0.05, 0.1) is 31.3 Å². The van der Waals surface area contributed by atoms with E-state index in [2.05, 4.69) is 55.6 Å². The number of unbranched alkanes of at least 4 members (excludes halogenated alkanes) is 29. The summed E-state index contributed by atoms with van der Waals surface area (Å²) >= 11 is 0. The summed E-state index contributed by atoms with van der Waals surface area (Å²) in [6.07, 6.45) is 59.8. The molecule has 0 rings (SSSR count). The van der Waals surface area contributed by atoms with Gasteiger partial charge in [-0.1, -0.05) is 217 Å². The Labute approximate surface area is 348 Å². The molecule has 3 atom stereocenters. The second-order valence-electron chi connectivity index (χ2n) is 16.7. The molecule has 56 heavy (non-hydrogen) atoms. The molecule has 4 N–H and O–H groups in total. The van der Waals surface area contributed by atoms with E-state index in [-0.39, 0.29) is 18.9 Å². The van der Waals surface area contributed by atoms with Crippen molar-refractivity contribution >= 4 is 5.91 Å². The Morgan fingerprint density at radius 2 is 0.768 bits per heavy atom. The zero-order chi connectivity index (χ0) is 40.8. The Hall–Kier alpha value is -1.69. The summed E-state index contributed by atoms with van der Waals surface area (Å²) in [4.78, 5) is 12.5. The molecule has 328 valence electrons. The third kappa shape index (κ3) is 41.9. The van der Waals surface area contributed by atoms with E-state index in [9.17, 15) is 20.1 Å². The van der Waals surface area contributed by atoms with Gasteiger partial charge in [-0.15, -0.1) is 0 Å². The minimum atomic E-state index is -0.963. The van der Waals surface area contributed by atoms with Crippen molar-refractivity contribution in [1.82, 2.24) is 5.32 Å². The maximum absolute atomic E-state index is 12.5. The highest BCUT2D eigenvalue weighted by molar-refractivity contribution is 5.76. The van der Waals surface area contributed by atoms with E-state index < -0.39 is 18.2 Å². The third-order valence-corrected chi connectivity index (χ3v) is 11.1. The fourth-order valence-corrected chi connectivity index (χ4v) is 7.31. The minimum Gasteiger partial charge on any atom is -0.394 e. The number of aliphatic hydroxyl groups excluding tert-OH is 3. The number of rotatable bonds is 44. The van der Waals surface area contributed by atoms with Crippen LogP contribution in [0.25, 0.3) is 0 Å². The molecule has 5 nitrogen and oxygen atoms in total. The third-order valence-electron chi connectivity index (χ3n) is 11.1. The van der Waals surface area contributed by atoms with Gasteiger partial charge in [-0.05, 0) is 70.6 Å². The Balaban J connectivity index is 3.72. The second kappa shape index (κ2) is 46.0. The smallest absolute Gasteiger partial charge is 0.222 e. The van der Waals surface area contributed by atoms with Crippen LogP contribution in [0.3, 0.4) is 0 Å². The average Bonchev–Trinajstić information content (AvgIpc) is 3.19. The fourth-order valence-electron chi connectivity index (χ4n) is 7.31. The van der Waals surface area contributed by atoms with Gasteiger partial charge in [-0.3, -0.25) is 4.79 Å². The molecule has 0 fully saturated rings. The molecule has 1 amide bonds. The number of amides is 1. The van der Waals surface area contributed by atoms with Gasteiger partial charge in [-0.25, -0.2) is 0 Å². The highest BCUT2D eigenvalue weighted by atomic mass is 16.3. The van der Waals surface area contributed by atoms with Crippen molar-refractivity contribution in [2.75, 3.05) is 6.61 Å². The summed E-state index contributed by atoms with van der Waals surface area (Å²) < 4.78 is 0. The van der Waals surface area contributed by atoms with Gasteiger partial charge in [0.2, 0.25) is 5.91 Å². The van der Waals surface area contributed by atoms with Gasteiger partial charge in [-0.2, -0.15) is 0 Å². The lowest BCUT2D eigenvalue weighted by Crippen LogP contribution is -2.45. The summed E-state index contributed by atoms with van der Waals surface area (Å²) in [6, 6.07) is -0.771. The standard InChI is InChI=1S/C51H95NO4/c1-3-5-7-9-11-13-15-17-19-21-23-24-25-26-27-29-31-33-35-37-39-41-43-45-50(55)49(47-53)52-51(56)46-48(54)44-42-40-38-36-34-32-30-28-22-20-18-16-14-12-10-8-6-4-2/h27-30,35,37,43,45,48-50,53-55H,3-26,31-34,36,38-42,44,46-47H2,1-2H3,(H,52,56)/b29-27+,30-28-,37-35+,45-43+. The van der Waals surface area contributed by atoms with Crippen molar-refractivity contribution in [3.8, 4) is 0 Å². The number of allylic oxidation sites excluding steroid dienone is 7. The summed E-state index contributed by atoms with van der Waals surface area (Å²) in [6.45, 7) is 4.21. The molecule has 3 unspecified atom stereocenters. The van der Waals surface area contributed by atoms with E-state index >= 15 is 0 Å². The first-order valence-corrected chi connectivity index (χ1v) is 24.4. The Kier molecular flexibility index (Phi) is 44.6. The minimum absolute atomic E-state index is 0.00386. The number of nitrogens with one attached hydrogen (secondary N) is 1. The molecule has 0 spiro atoms. The lowest BCUT2D eigenvalue weighted by atomic mass is 10.0. The molecule has 0 radical (unpaired) electrons. The van der Waals surface area contributed by atoms with E-state index in [1.54, 1.807) is 6.08 Å². The summed E-state index contributed by atoms with van der Waals surface area (Å²) in [7, 11) is 0. The largest absolute Gasteiger partial charge is 0.394 e. The van der Waals surface area contributed by atoms with E-state index in [4.69, 9.17) is 0 Å². The summed E-state index contributed by atoms with van der Waals surface area (Å²) in [5.74, 6) is -0.334. The van der Waals surface area contributed by atoms with Crippen molar-refractivity contribution in [2.45, 2.75) is 263 Å². The van der Waals surface area contributed by atoms with Crippen molar-refractivity contribution in [2.24, 2.45) is 0 Å². The molecule has 0 aliphatic carbocycles. The van der Waals surface area contributed by atoms with Crippen molar-refractivity contribution in [1.29, 1.82) is 0 Å². The molecular weight excluding hydrogens is 691 g/mol. The van der Waals surface area contributed by atoms with Gasteiger partial charge in [0, 0.05) is 0 Å². The molecule has 0 aromatic heterocycles. The molecule has 0 heterocycles. The van der Waals surface area contributed by atoms with Crippen LogP contribution in [0.2, 0.25) is 0 Å². The molecule has 0 aromatic carbocycles. The summed E-state index contributed by atoms with van der Waals surface area (Å²) in [5, 5.41) is 33.3. The highest BCUT2D eigenvalue weighted by Gasteiger charge is 2.20. The van der Waals surface area contributed by atoms with E-state index in [0.717, 1.165) is 51.4 Å². The Morgan fingerprint density at radius 3 is 1.14 bits per heavy atom. The maximum atomic E-state index is 12.5. The molecule has 0 saturated heterocycles. The molecule has 0 bridgehead atoms. The second-order valence-corrected chi connectivity index (χ2v) is 16.7. The normalized spacial score (nSPS) is 13.9. The predicted octanol–water partition coefficient (Wildman–Crippen LogP) is 14.5. The van der Waals surface area contributed by atoms with Crippen LogP contribution >= 0.6 is 0 Å². The molecule has 0 aromatic rings. The van der Waals surface area contributed by atoms with E-state index in [1.165, 1.54) is 167 Å². The number of hydrogen-bond donors (Lipinski definition) is 4. The van der Waals surface area contributed by atoms with Gasteiger partial charge < -0.3 is 20.6 Å². The molecule has 0 aliphatic rings. The van der Waals surface area contributed by atoms with Crippen molar-refractivity contribution in [3.63, 3.8) is 0 Å². The van der Waals surface area contributed by atoms with E-state index in [1.807, 2.05) is 6.08 Å². The Bertz CT molecular complexity index is 912. The molecule has 0 saturated carbocycles. The zero-order valence-electron chi connectivity index (χ0n) is 37.3. The van der Waals surface area contributed by atoms with Gasteiger partial charge in [0.15, 0.2) is 0 Å². The number of hydrogen-bond acceptors (Lipinski definition) is 4. The predicted molar refractivity (Wildman–Crippen MR) is 245 cm³/mol. The first kappa shape index (κ1) is 54.3. The first-order chi connectivity index (χ1) is 27.5. The highest BCUT2D eigenvalue weighted by Crippen LogP contribution is 2.15. The lowest BCUT2D eigenvalue weighted by molar-refractivity contribution is -0.124. The maximum Gasteiger partial charge on any atom is 0.222 e. The topological polar surface area (TPSA) is 89.8 Å². The van der Waals surface area contributed by atoms with Crippen LogP contribution in [-0.4, -0.2) is 46.1 Å². The van der Waals surface area contributed by atoms with Gasteiger partial charge >= 0.3 is 0 Å². The van der Waals surface area contributed by atoms with Crippen molar-refractivity contribution < 1.29 is 20.1 Å². The van der Waals surface area contributed by atoms with Crippen molar-refractivity contribution in [3.05, 3.63) is 48.6 Å². The lowest BCUT2D eigenvalue weighted by Gasteiger charge is -2.20. The first-order valence-electron chi connectivity index (χ1n) is 24.4. The number of carbonyl (C=O) groups excluding carboxylic acids is 1. The summed E-state index contributed by atoms with van der Waals surface area (Å²) in [5.41, 5.74) is 0.